The lowest BCUT2D eigenvalue weighted by molar-refractivity contribution is -0.385. The third-order valence-electron chi connectivity index (χ3n) is 4.50. The van der Waals surface area contributed by atoms with Gasteiger partial charge in [-0.1, -0.05) is 6.92 Å². The average molecular weight is 408 g/mol. The number of aliphatic hydroxyl groups is 1. The van der Waals surface area contributed by atoms with Crippen molar-refractivity contribution in [2.75, 3.05) is 19.8 Å². The molecule has 1 heterocycles. The van der Waals surface area contributed by atoms with Crippen LogP contribution in [-0.4, -0.2) is 47.8 Å². The normalized spacial score (nSPS) is 20.3. The maximum atomic E-state index is 11.2. The molecule has 1 aromatic rings. The van der Waals surface area contributed by atoms with E-state index in [1.54, 1.807) is 19.9 Å². The quantitative estimate of drug-likeness (QED) is 0.188. The van der Waals surface area contributed by atoms with Crippen molar-refractivity contribution in [2.45, 2.75) is 51.4 Å². The summed E-state index contributed by atoms with van der Waals surface area (Å²) in [5.41, 5.74) is -0.473. The van der Waals surface area contributed by atoms with E-state index >= 15 is 0 Å². The second-order valence-corrected chi connectivity index (χ2v) is 7.25. The van der Waals surface area contributed by atoms with Gasteiger partial charge in [-0.2, -0.15) is 0 Å². The van der Waals surface area contributed by atoms with E-state index in [0.717, 1.165) is 12.7 Å². The van der Waals surface area contributed by atoms with Gasteiger partial charge in [0.2, 0.25) is 0 Å². The molecular weight excluding hydrogens is 380 g/mol. The minimum absolute atomic E-state index is 0.0822. The first kappa shape index (κ1) is 22.6. The molecule has 29 heavy (non-hydrogen) atoms. The highest BCUT2D eigenvalue weighted by Crippen LogP contribution is 2.41. The molecule has 0 saturated heterocycles. The van der Waals surface area contributed by atoms with Crippen LogP contribution in [0.15, 0.2) is 30.2 Å². The van der Waals surface area contributed by atoms with E-state index in [1.165, 1.54) is 18.4 Å². The summed E-state index contributed by atoms with van der Waals surface area (Å²) < 4.78 is 16.8. The molecule has 0 spiro atoms. The number of nitro groups is 1. The molecule has 1 aliphatic heterocycles. The van der Waals surface area contributed by atoms with Crippen LogP contribution in [0.2, 0.25) is 0 Å². The summed E-state index contributed by atoms with van der Waals surface area (Å²) in [6.45, 7) is 6.42. The minimum atomic E-state index is -0.958. The van der Waals surface area contributed by atoms with Crippen LogP contribution in [0.5, 0.6) is 5.75 Å². The zero-order valence-corrected chi connectivity index (χ0v) is 16.9. The van der Waals surface area contributed by atoms with Crippen LogP contribution >= 0.6 is 0 Å². The van der Waals surface area contributed by atoms with Crippen molar-refractivity contribution in [2.24, 2.45) is 0 Å². The van der Waals surface area contributed by atoms with Crippen LogP contribution in [0.3, 0.4) is 0 Å². The van der Waals surface area contributed by atoms with E-state index in [0.29, 0.717) is 23.7 Å². The Hall–Kier alpha value is -2.65. The van der Waals surface area contributed by atoms with Gasteiger partial charge in [-0.25, -0.2) is 0 Å². The summed E-state index contributed by atoms with van der Waals surface area (Å²) in [5, 5.41) is 25.2. The number of rotatable bonds is 11. The third kappa shape index (κ3) is 5.91. The number of ether oxygens (including phenoxy) is 3. The van der Waals surface area contributed by atoms with E-state index in [9.17, 15) is 20.0 Å². The van der Waals surface area contributed by atoms with Crippen LogP contribution in [0.25, 0.3) is 0 Å². The third-order valence-corrected chi connectivity index (χ3v) is 4.50. The van der Waals surface area contributed by atoms with Gasteiger partial charge in [-0.05, 0) is 26.3 Å². The van der Waals surface area contributed by atoms with Crippen molar-refractivity contribution in [1.82, 2.24) is 5.32 Å². The molecule has 2 rings (SSSR count). The Kier molecular flexibility index (Phi) is 7.98. The number of non-ortho nitro benzene ring substituents is 1. The monoisotopic (exact) mass is 408 g/mol. The number of aldehydes is 1. The van der Waals surface area contributed by atoms with Crippen molar-refractivity contribution >= 4 is 12.0 Å². The molecule has 9 heteroatoms. The average Bonchev–Trinajstić information content (AvgIpc) is 2.68. The number of nitrogens with one attached hydrogen (secondary N) is 1. The SMILES string of the molecule is CCCO/C(=C\OCCC=O)CNC1c2cc([N+](=O)[O-])ccc2OC(C)(C)C1O. The second-order valence-electron chi connectivity index (χ2n) is 7.25. The van der Waals surface area contributed by atoms with Crippen LogP contribution in [0, 0.1) is 10.1 Å². The number of benzene rings is 1. The number of nitro benzene ring substituents is 1. The fourth-order valence-corrected chi connectivity index (χ4v) is 2.96. The van der Waals surface area contributed by atoms with E-state index < -0.39 is 22.7 Å². The molecule has 2 atom stereocenters. The highest BCUT2D eigenvalue weighted by molar-refractivity contribution is 5.49. The molecule has 1 aromatic carbocycles. The van der Waals surface area contributed by atoms with Gasteiger partial charge >= 0.3 is 0 Å². The maximum Gasteiger partial charge on any atom is 0.270 e. The van der Waals surface area contributed by atoms with Crippen molar-refractivity contribution in [3.63, 3.8) is 0 Å². The van der Waals surface area contributed by atoms with Gasteiger partial charge < -0.3 is 29.4 Å². The molecule has 160 valence electrons. The summed E-state index contributed by atoms with van der Waals surface area (Å²) in [7, 11) is 0. The zero-order chi connectivity index (χ0) is 21.4. The lowest BCUT2D eigenvalue weighted by Crippen LogP contribution is -2.52. The molecule has 0 bridgehead atoms. The number of aliphatic hydroxyl groups excluding tert-OH is 1. The molecule has 0 aromatic heterocycles. The highest BCUT2D eigenvalue weighted by atomic mass is 16.6. The van der Waals surface area contributed by atoms with Gasteiger partial charge in [0.25, 0.3) is 5.69 Å². The van der Waals surface area contributed by atoms with Gasteiger partial charge in [0.05, 0.1) is 30.7 Å². The number of carbonyl (C=O) groups excluding carboxylic acids is 1. The number of carbonyl (C=O) groups is 1. The van der Waals surface area contributed by atoms with Crippen LogP contribution < -0.4 is 10.1 Å². The lowest BCUT2D eigenvalue weighted by atomic mass is 9.86. The van der Waals surface area contributed by atoms with Crippen molar-refractivity contribution in [3.8, 4) is 5.75 Å². The summed E-state index contributed by atoms with van der Waals surface area (Å²) >= 11 is 0. The van der Waals surface area contributed by atoms with Gasteiger partial charge in [0, 0.05) is 24.1 Å². The Morgan fingerprint density at radius 1 is 1.41 bits per heavy atom. The zero-order valence-electron chi connectivity index (χ0n) is 16.9. The van der Waals surface area contributed by atoms with E-state index in [-0.39, 0.29) is 25.3 Å². The molecule has 0 aliphatic carbocycles. The summed E-state index contributed by atoms with van der Waals surface area (Å²) in [6, 6.07) is 3.71. The van der Waals surface area contributed by atoms with E-state index in [2.05, 4.69) is 5.32 Å². The molecule has 0 radical (unpaired) electrons. The summed E-state index contributed by atoms with van der Waals surface area (Å²) in [6.07, 6.45) is 2.32. The van der Waals surface area contributed by atoms with E-state index in [1.807, 2.05) is 6.92 Å². The first-order valence-electron chi connectivity index (χ1n) is 9.56. The first-order valence-corrected chi connectivity index (χ1v) is 9.56. The fraction of sp³-hybridized carbons (Fsp3) is 0.550. The largest absolute Gasteiger partial charge is 0.497 e. The Morgan fingerprint density at radius 3 is 2.83 bits per heavy atom. The molecule has 2 unspecified atom stereocenters. The van der Waals surface area contributed by atoms with Crippen LogP contribution in [-0.2, 0) is 14.3 Å². The Morgan fingerprint density at radius 2 is 2.17 bits per heavy atom. The standard InChI is InChI=1S/C20H28N2O7/c1-4-9-28-15(13-27-10-5-8-23)12-21-18-16-11-14(22(25)26)6-7-17(16)29-20(2,3)19(18)24/h6-8,11,13,18-19,21,24H,4-5,9-10,12H2,1-3H3/b15-13-. The van der Waals surface area contributed by atoms with Crippen molar-refractivity contribution in [1.29, 1.82) is 0 Å². The van der Waals surface area contributed by atoms with Gasteiger partial charge in [0.1, 0.15) is 35.8 Å². The Bertz CT molecular complexity index is 748. The first-order chi connectivity index (χ1) is 13.8. The Labute approximate surface area is 169 Å². The van der Waals surface area contributed by atoms with Crippen molar-refractivity contribution in [3.05, 3.63) is 45.9 Å². The number of hydrogen-bond acceptors (Lipinski definition) is 8. The van der Waals surface area contributed by atoms with Crippen LogP contribution in [0.4, 0.5) is 5.69 Å². The van der Waals surface area contributed by atoms with Gasteiger partial charge in [0.15, 0.2) is 0 Å². The highest BCUT2D eigenvalue weighted by Gasteiger charge is 2.43. The molecule has 0 amide bonds. The predicted molar refractivity (Wildman–Crippen MR) is 106 cm³/mol. The smallest absolute Gasteiger partial charge is 0.270 e. The van der Waals surface area contributed by atoms with Crippen LogP contribution in [0.1, 0.15) is 45.2 Å². The molecular formula is C20H28N2O7. The molecule has 2 N–H and O–H groups in total. The van der Waals surface area contributed by atoms with Gasteiger partial charge in [-0.3, -0.25) is 10.1 Å². The second kappa shape index (κ2) is 10.2. The summed E-state index contributed by atoms with van der Waals surface area (Å²) in [5.74, 6) is 0.979. The van der Waals surface area contributed by atoms with Gasteiger partial charge in [-0.15, -0.1) is 0 Å². The Balaban J connectivity index is 2.22. The van der Waals surface area contributed by atoms with E-state index in [4.69, 9.17) is 14.2 Å². The fourth-order valence-electron chi connectivity index (χ4n) is 2.96. The molecule has 9 nitrogen and oxygen atoms in total. The summed E-state index contributed by atoms with van der Waals surface area (Å²) in [4.78, 5) is 21.1. The number of fused-ring (bicyclic) bond motifs is 1. The molecule has 0 saturated carbocycles. The molecule has 1 aliphatic rings. The topological polar surface area (TPSA) is 120 Å². The lowest BCUT2D eigenvalue weighted by Gasteiger charge is -2.42. The number of nitrogens with zero attached hydrogens (tertiary/aromatic N) is 1. The van der Waals surface area contributed by atoms with Crippen molar-refractivity contribution < 1.29 is 29.0 Å². The minimum Gasteiger partial charge on any atom is -0.497 e. The predicted octanol–water partition coefficient (Wildman–Crippen LogP) is 2.63. The maximum absolute atomic E-state index is 11.2. The number of hydrogen-bond donors (Lipinski definition) is 2. The molecule has 0 fully saturated rings.